The molecule has 0 aliphatic heterocycles. The van der Waals surface area contributed by atoms with Gasteiger partial charge in [0, 0.05) is 25.4 Å². The molecule has 0 amide bonds. The Kier molecular flexibility index (Phi) is 18.7. The Morgan fingerprint density at radius 2 is 1.81 bits per heavy atom. The Labute approximate surface area is 125 Å². The lowest BCUT2D eigenvalue weighted by molar-refractivity contribution is 0.832. The van der Waals surface area contributed by atoms with E-state index in [9.17, 15) is 0 Å². The Morgan fingerprint density at radius 1 is 1.12 bits per heavy atom. The normalized spacial score (nSPS) is 10.8. The van der Waals surface area contributed by atoms with Gasteiger partial charge in [-0.05, 0) is 31.6 Å². The van der Waals surface area contributed by atoms with Gasteiger partial charge in [-0.1, -0.05) is 0 Å². The SMILES string of the molecule is CCNC(=NCCCSC)NCCSC.I. The largest absolute Gasteiger partial charge is 0.357 e. The van der Waals surface area contributed by atoms with Crippen molar-refractivity contribution >= 4 is 53.5 Å². The minimum absolute atomic E-state index is 0. The van der Waals surface area contributed by atoms with E-state index in [1.165, 1.54) is 5.75 Å². The van der Waals surface area contributed by atoms with Gasteiger partial charge >= 0.3 is 0 Å². The molecule has 0 spiro atoms. The molecule has 2 N–H and O–H groups in total. The van der Waals surface area contributed by atoms with Gasteiger partial charge in [-0.2, -0.15) is 23.5 Å². The fraction of sp³-hybridized carbons (Fsp3) is 0.900. The third-order valence-electron chi connectivity index (χ3n) is 1.72. The number of nitrogens with zero attached hydrogens (tertiary/aromatic N) is 1. The molecule has 0 fully saturated rings. The molecular formula is C10H24IN3S2. The zero-order valence-corrected chi connectivity index (χ0v) is 14.4. The van der Waals surface area contributed by atoms with E-state index in [1.807, 2.05) is 23.5 Å². The average Bonchev–Trinajstić information content (AvgIpc) is 2.24. The maximum atomic E-state index is 4.49. The second kappa shape index (κ2) is 15.7. The van der Waals surface area contributed by atoms with Gasteiger partial charge < -0.3 is 10.6 Å². The highest BCUT2D eigenvalue weighted by molar-refractivity contribution is 14.0. The number of halogens is 1. The first-order valence-corrected chi connectivity index (χ1v) is 8.14. The number of hydrogen-bond acceptors (Lipinski definition) is 3. The van der Waals surface area contributed by atoms with Crippen molar-refractivity contribution in [2.45, 2.75) is 13.3 Å². The molecule has 0 unspecified atom stereocenters. The summed E-state index contributed by atoms with van der Waals surface area (Å²) in [5.74, 6) is 3.26. The summed E-state index contributed by atoms with van der Waals surface area (Å²) < 4.78 is 0. The van der Waals surface area contributed by atoms with Gasteiger partial charge in [0.2, 0.25) is 0 Å². The van der Waals surface area contributed by atoms with Crippen molar-refractivity contribution in [1.29, 1.82) is 0 Å². The predicted molar refractivity (Wildman–Crippen MR) is 90.8 cm³/mol. The number of thioether (sulfide) groups is 2. The molecule has 0 aliphatic carbocycles. The van der Waals surface area contributed by atoms with E-state index in [0.717, 1.165) is 37.8 Å². The molecule has 0 radical (unpaired) electrons. The molecule has 0 aliphatic rings. The minimum atomic E-state index is 0. The highest BCUT2D eigenvalue weighted by Gasteiger charge is 1.94. The zero-order valence-electron chi connectivity index (χ0n) is 10.4. The van der Waals surface area contributed by atoms with Crippen molar-refractivity contribution in [1.82, 2.24) is 10.6 Å². The van der Waals surface area contributed by atoms with E-state index in [-0.39, 0.29) is 24.0 Å². The van der Waals surface area contributed by atoms with Crippen LogP contribution in [0.1, 0.15) is 13.3 Å². The van der Waals surface area contributed by atoms with Gasteiger partial charge in [0.05, 0.1) is 0 Å². The summed E-state index contributed by atoms with van der Waals surface area (Å²) in [5, 5.41) is 6.55. The van der Waals surface area contributed by atoms with Crippen LogP contribution in [0.15, 0.2) is 4.99 Å². The molecule has 16 heavy (non-hydrogen) atoms. The van der Waals surface area contributed by atoms with E-state index < -0.39 is 0 Å². The lowest BCUT2D eigenvalue weighted by atomic mass is 10.5. The van der Waals surface area contributed by atoms with Crippen LogP contribution in [0.4, 0.5) is 0 Å². The van der Waals surface area contributed by atoms with Crippen LogP contribution in [-0.2, 0) is 0 Å². The third kappa shape index (κ3) is 12.8. The van der Waals surface area contributed by atoms with Gasteiger partial charge in [-0.15, -0.1) is 24.0 Å². The van der Waals surface area contributed by atoms with Crippen molar-refractivity contribution in [3.63, 3.8) is 0 Å². The summed E-state index contributed by atoms with van der Waals surface area (Å²) in [6.45, 7) is 4.91. The topological polar surface area (TPSA) is 36.4 Å². The second-order valence-electron chi connectivity index (χ2n) is 3.03. The summed E-state index contributed by atoms with van der Waals surface area (Å²) in [6.07, 6.45) is 5.40. The molecular weight excluding hydrogens is 353 g/mol. The summed E-state index contributed by atoms with van der Waals surface area (Å²) in [5.41, 5.74) is 0. The number of rotatable bonds is 8. The van der Waals surface area contributed by atoms with E-state index in [1.54, 1.807) is 0 Å². The smallest absolute Gasteiger partial charge is 0.191 e. The van der Waals surface area contributed by atoms with Gasteiger partial charge in [0.15, 0.2) is 5.96 Å². The lowest BCUT2D eigenvalue weighted by Gasteiger charge is -2.10. The van der Waals surface area contributed by atoms with Crippen LogP contribution in [0.3, 0.4) is 0 Å². The van der Waals surface area contributed by atoms with Crippen LogP contribution in [0.5, 0.6) is 0 Å². The molecule has 0 aromatic heterocycles. The molecule has 6 heteroatoms. The molecule has 0 rings (SSSR count). The number of hydrogen-bond donors (Lipinski definition) is 2. The Morgan fingerprint density at radius 3 is 2.38 bits per heavy atom. The molecule has 0 heterocycles. The highest BCUT2D eigenvalue weighted by atomic mass is 127. The van der Waals surface area contributed by atoms with Crippen LogP contribution in [-0.4, -0.2) is 49.6 Å². The standard InChI is InChI=1S/C10H23N3S2.HI/c1-4-11-10(13-7-9-15-3)12-6-5-8-14-2;/h4-9H2,1-3H3,(H2,11,12,13);1H. The Hall–Kier alpha value is 0.700. The maximum Gasteiger partial charge on any atom is 0.191 e. The molecule has 98 valence electrons. The van der Waals surface area contributed by atoms with Crippen LogP contribution < -0.4 is 10.6 Å². The first-order valence-electron chi connectivity index (χ1n) is 5.35. The summed E-state index contributed by atoms with van der Waals surface area (Å²) in [6, 6.07) is 0. The summed E-state index contributed by atoms with van der Waals surface area (Å²) >= 11 is 3.72. The van der Waals surface area contributed by atoms with E-state index in [2.05, 4.69) is 35.1 Å². The monoisotopic (exact) mass is 377 g/mol. The predicted octanol–water partition coefficient (Wildman–Crippen LogP) is 2.28. The quantitative estimate of drug-likeness (QED) is 0.295. The molecule has 0 aromatic carbocycles. The maximum absolute atomic E-state index is 4.49. The van der Waals surface area contributed by atoms with Crippen molar-refractivity contribution < 1.29 is 0 Å². The number of aliphatic imine (C=N–C) groups is 1. The van der Waals surface area contributed by atoms with Crippen molar-refractivity contribution in [3.8, 4) is 0 Å². The van der Waals surface area contributed by atoms with E-state index in [0.29, 0.717) is 0 Å². The molecule has 0 saturated carbocycles. The molecule has 0 saturated heterocycles. The summed E-state index contributed by atoms with van der Waals surface area (Å²) in [4.78, 5) is 4.49. The number of nitrogens with one attached hydrogen (secondary N) is 2. The third-order valence-corrected chi connectivity index (χ3v) is 3.03. The minimum Gasteiger partial charge on any atom is -0.357 e. The first-order chi connectivity index (χ1) is 7.35. The van der Waals surface area contributed by atoms with Crippen LogP contribution in [0, 0.1) is 0 Å². The van der Waals surface area contributed by atoms with Crippen molar-refractivity contribution in [3.05, 3.63) is 0 Å². The second-order valence-corrected chi connectivity index (χ2v) is 5.00. The van der Waals surface area contributed by atoms with Crippen molar-refractivity contribution in [2.24, 2.45) is 4.99 Å². The zero-order chi connectivity index (χ0) is 11.4. The fourth-order valence-corrected chi connectivity index (χ4v) is 1.74. The van der Waals surface area contributed by atoms with Crippen molar-refractivity contribution in [2.75, 3.05) is 43.7 Å². The summed E-state index contributed by atoms with van der Waals surface area (Å²) in [7, 11) is 0. The highest BCUT2D eigenvalue weighted by Crippen LogP contribution is 1.95. The Bertz CT molecular complexity index is 168. The number of guanidine groups is 1. The van der Waals surface area contributed by atoms with E-state index >= 15 is 0 Å². The first kappa shape index (κ1) is 19.0. The van der Waals surface area contributed by atoms with Crippen LogP contribution in [0.25, 0.3) is 0 Å². The van der Waals surface area contributed by atoms with Crippen LogP contribution >= 0.6 is 47.5 Å². The molecule has 0 bridgehead atoms. The van der Waals surface area contributed by atoms with Gasteiger partial charge in [0.1, 0.15) is 0 Å². The Balaban J connectivity index is 0. The fourth-order valence-electron chi connectivity index (χ4n) is 1.01. The molecule has 0 aromatic rings. The van der Waals surface area contributed by atoms with Gasteiger partial charge in [0.25, 0.3) is 0 Å². The van der Waals surface area contributed by atoms with E-state index in [4.69, 9.17) is 0 Å². The van der Waals surface area contributed by atoms with Gasteiger partial charge in [-0.25, -0.2) is 0 Å². The molecule has 0 atom stereocenters. The van der Waals surface area contributed by atoms with Crippen LogP contribution in [0.2, 0.25) is 0 Å². The lowest BCUT2D eigenvalue weighted by Crippen LogP contribution is -2.38. The average molecular weight is 377 g/mol. The molecule has 3 nitrogen and oxygen atoms in total. The van der Waals surface area contributed by atoms with Gasteiger partial charge in [-0.3, -0.25) is 4.99 Å².